The van der Waals surface area contributed by atoms with Crippen LogP contribution in [0.25, 0.3) is 0 Å². The van der Waals surface area contributed by atoms with Gasteiger partial charge in [-0.3, -0.25) is 0 Å². The Labute approximate surface area is 188 Å². The van der Waals surface area contributed by atoms with Gasteiger partial charge in [0.25, 0.3) is 0 Å². The summed E-state index contributed by atoms with van der Waals surface area (Å²) < 4.78 is 6.19. The highest BCUT2D eigenvalue weighted by Gasteiger charge is 2.42. The first-order valence-electron chi connectivity index (χ1n) is 12.7. The number of ether oxygens (including phenoxy) is 1. The van der Waals surface area contributed by atoms with Crippen LogP contribution in [0.15, 0.2) is 36.9 Å². The lowest BCUT2D eigenvalue weighted by Crippen LogP contribution is -2.39. The molecule has 3 aliphatic rings. The van der Waals surface area contributed by atoms with Crippen LogP contribution in [-0.2, 0) is 4.74 Å². The van der Waals surface area contributed by atoms with E-state index in [4.69, 9.17) is 4.74 Å². The quantitative estimate of drug-likeness (QED) is 0.382. The molecule has 0 amide bonds. The van der Waals surface area contributed by atoms with Gasteiger partial charge in [-0.05, 0) is 105 Å². The van der Waals surface area contributed by atoms with Crippen molar-refractivity contribution in [2.45, 2.75) is 102 Å². The molecule has 4 rings (SSSR count). The third-order valence-corrected chi connectivity index (χ3v) is 8.97. The molecule has 0 aliphatic heterocycles. The average Bonchev–Trinajstić information content (AvgIpc) is 2.81. The second-order valence-corrected chi connectivity index (χ2v) is 10.8. The molecule has 0 saturated heterocycles. The largest absolute Gasteiger partial charge is 0.508 e. The number of allylic oxidation sites excluding steroid dienone is 1. The molecular formula is C28H42O3. The maximum atomic E-state index is 10.9. The maximum absolute atomic E-state index is 10.9. The van der Waals surface area contributed by atoms with Crippen LogP contribution < -0.4 is 0 Å². The van der Waals surface area contributed by atoms with E-state index in [0.717, 1.165) is 63.2 Å². The molecule has 3 saturated carbocycles. The summed E-state index contributed by atoms with van der Waals surface area (Å²) >= 11 is 0. The van der Waals surface area contributed by atoms with Gasteiger partial charge in [-0.2, -0.15) is 0 Å². The minimum Gasteiger partial charge on any atom is -0.508 e. The molecule has 1 aromatic carbocycles. The molecule has 2 N–H and O–H groups in total. The van der Waals surface area contributed by atoms with Crippen molar-refractivity contribution in [2.75, 3.05) is 0 Å². The number of hydrogen-bond acceptors (Lipinski definition) is 3. The molecule has 0 heterocycles. The van der Waals surface area contributed by atoms with Gasteiger partial charge in [0.1, 0.15) is 5.75 Å². The number of rotatable bonds is 6. The van der Waals surface area contributed by atoms with Gasteiger partial charge < -0.3 is 14.9 Å². The third kappa shape index (κ3) is 5.37. The van der Waals surface area contributed by atoms with Crippen LogP contribution in [-0.4, -0.2) is 22.6 Å². The van der Waals surface area contributed by atoms with Crippen molar-refractivity contribution in [3.8, 4) is 5.75 Å². The second kappa shape index (κ2) is 10.1. The van der Waals surface area contributed by atoms with Crippen molar-refractivity contribution in [3.05, 3.63) is 42.5 Å². The fourth-order valence-corrected chi connectivity index (χ4v) is 6.66. The van der Waals surface area contributed by atoms with Gasteiger partial charge in [0.15, 0.2) is 6.29 Å². The van der Waals surface area contributed by atoms with E-state index in [2.05, 4.69) is 19.6 Å². The predicted molar refractivity (Wildman–Crippen MR) is 126 cm³/mol. The van der Waals surface area contributed by atoms with Crippen LogP contribution in [0.5, 0.6) is 5.75 Å². The lowest BCUT2D eigenvalue weighted by atomic mass is 9.59. The van der Waals surface area contributed by atoms with Crippen molar-refractivity contribution >= 4 is 0 Å². The number of hydrogen-bond donors (Lipinski definition) is 2. The Bertz CT molecular complexity index is 687. The van der Waals surface area contributed by atoms with Crippen LogP contribution in [0, 0.1) is 23.2 Å². The number of benzene rings is 1. The Morgan fingerprint density at radius 1 is 0.935 bits per heavy atom. The summed E-state index contributed by atoms with van der Waals surface area (Å²) in [5, 5.41) is 20.4. The standard InChI is InChI=1S/C28H42O3/c1-3-28(24-10-4-20(2)5-11-24)18-16-23(17-19-28)27(30)31-26-14-8-22(9-15-26)21-6-12-25(29)13-7-21/h3,6-7,12-13,20,22-24,26-27,29-30H,1,4-5,8-11,14-19H2,2H3/t20-,22-,23?,24-,26-,27?,28?. The molecule has 172 valence electrons. The Morgan fingerprint density at radius 2 is 1.55 bits per heavy atom. The van der Waals surface area contributed by atoms with E-state index < -0.39 is 6.29 Å². The lowest BCUT2D eigenvalue weighted by molar-refractivity contribution is -0.182. The molecule has 0 spiro atoms. The summed E-state index contributed by atoms with van der Waals surface area (Å²) in [7, 11) is 0. The van der Waals surface area contributed by atoms with Crippen LogP contribution >= 0.6 is 0 Å². The molecule has 31 heavy (non-hydrogen) atoms. The Kier molecular flexibility index (Phi) is 7.44. The van der Waals surface area contributed by atoms with E-state index in [1.165, 1.54) is 31.2 Å². The van der Waals surface area contributed by atoms with Crippen LogP contribution in [0.4, 0.5) is 0 Å². The Hall–Kier alpha value is -1.32. The molecule has 1 atom stereocenters. The van der Waals surface area contributed by atoms with E-state index in [-0.39, 0.29) is 12.0 Å². The summed E-state index contributed by atoms with van der Waals surface area (Å²) in [4.78, 5) is 0. The molecule has 0 bridgehead atoms. The number of phenols is 1. The first-order chi connectivity index (χ1) is 15.0. The predicted octanol–water partition coefficient (Wildman–Crippen LogP) is 6.94. The van der Waals surface area contributed by atoms with Gasteiger partial charge in [0.2, 0.25) is 0 Å². The highest BCUT2D eigenvalue weighted by molar-refractivity contribution is 5.28. The summed E-state index contributed by atoms with van der Waals surface area (Å²) in [6, 6.07) is 7.64. The first kappa shape index (κ1) is 22.9. The minimum atomic E-state index is -0.621. The van der Waals surface area contributed by atoms with Crippen LogP contribution in [0.2, 0.25) is 0 Å². The smallest absolute Gasteiger partial charge is 0.157 e. The monoisotopic (exact) mass is 426 g/mol. The molecule has 0 radical (unpaired) electrons. The van der Waals surface area contributed by atoms with Crippen molar-refractivity contribution in [1.82, 2.24) is 0 Å². The highest BCUT2D eigenvalue weighted by Crippen LogP contribution is 2.51. The highest BCUT2D eigenvalue weighted by atomic mass is 16.6. The maximum Gasteiger partial charge on any atom is 0.157 e. The average molecular weight is 427 g/mol. The van der Waals surface area contributed by atoms with Crippen molar-refractivity contribution in [1.29, 1.82) is 0 Å². The number of phenolic OH excluding ortho intramolecular Hbond substituents is 1. The Balaban J connectivity index is 1.23. The number of aromatic hydroxyl groups is 1. The van der Waals surface area contributed by atoms with Gasteiger partial charge in [-0.25, -0.2) is 0 Å². The molecule has 3 aliphatic carbocycles. The van der Waals surface area contributed by atoms with E-state index in [0.29, 0.717) is 17.1 Å². The lowest BCUT2D eigenvalue weighted by Gasteiger charge is -2.47. The molecule has 3 heteroatoms. The molecular weight excluding hydrogens is 384 g/mol. The summed E-state index contributed by atoms with van der Waals surface area (Å²) in [6.45, 7) is 6.63. The third-order valence-electron chi connectivity index (χ3n) is 8.97. The van der Waals surface area contributed by atoms with E-state index in [1.807, 2.05) is 12.1 Å². The van der Waals surface area contributed by atoms with Gasteiger partial charge in [-0.1, -0.05) is 38.0 Å². The molecule has 3 nitrogen and oxygen atoms in total. The zero-order valence-electron chi connectivity index (χ0n) is 19.3. The fourth-order valence-electron chi connectivity index (χ4n) is 6.66. The zero-order chi connectivity index (χ0) is 21.8. The molecule has 0 aromatic heterocycles. The zero-order valence-corrected chi connectivity index (χ0v) is 19.3. The van der Waals surface area contributed by atoms with Crippen LogP contribution in [0.3, 0.4) is 0 Å². The van der Waals surface area contributed by atoms with Crippen molar-refractivity contribution in [3.63, 3.8) is 0 Å². The summed E-state index contributed by atoms with van der Waals surface area (Å²) in [5.74, 6) is 2.81. The fraction of sp³-hybridized carbons (Fsp3) is 0.714. The van der Waals surface area contributed by atoms with Crippen molar-refractivity contribution in [2.24, 2.45) is 23.2 Å². The van der Waals surface area contributed by atoms with Gasteiger partial charge in [-0.15, -0.1) is 6.58 Å². The number of aliphatic hydroxyl groups is 1. The van der Waals surface area contributed by atoms with Crippen LogP contribution in [0.1, 0.15) is 95.5 Å². The summed E-state index contributed by atoms with van der Waals surface area (Å²) in [5.41, 5.74) is 1.60. The summed E-state index contributed by atoms with van der Waals surface area (Å²) in [6.07, 6.45) is 15.9. The Morgan fingerprint density at radius 3 is 2.13 bits per heavy atom. The van der Waals surface area contributed by atoms with E-state index >= 15 is 0 Å². The van der Waals surface area contributed by atoms with E-state index in [1.54, 1.807) is 12.1 Å². The normalized spacial score (nSPS) is 37.8. The topological polar surface area (TPSA) is 49.7 Å². The molecule has 1 unspecified atom stereocenters. The van der Waals surface area contributed by atoms with Gasteiger partial charge in [0, 0.05) is 5.92 Å². The first-order valence-corrected chi connectivity index (χ1v) is 12.7. The van der Waals surface area contributed by atoms with Crippen molar-refractivity contribution < 1.29 is 14.9 Å². The van der Waals surface area contributed by atoms with Gasteiger partial charge >= 0.3 is 0 Å². The minimum absolute atomic E-state index is 0.175. The van der Waals surface area contributed by atoms with E-state index in [9.17, 15) is 10.2 Å². The molecule has 1 aromatic rings. The second-order valence-electron chi connectivity index (χ2n) is 10.8. The van der Waals surface area contributed by atoms with Gasteiger partial charge in [0.05, 0.1) is 6.10 Å². The molecule has 3 fully saturated rings. The SMILES string of the molecule is C=CC1([C@H]2CC[C@H](C)CC2)CCC(C(O)O[C@H]2CC[C@H](c3ccc(O)cc3)CC2)CC1. The number of aliphatic hydroxyl groups excluding tert-OH is 1.